The summed E-state index contributed by atoms with van der Waals surface area (Å²) in [5.41, 5.74) is 5.19. The first-order valence-corrected chi connectivity index (χ1v) is 11.4. The molecule has 0 saturated carbocycles. The molecule has 4 heterocycles. The second kappa shape index (κ2) is 5.96. The van der Waals surface area contributed by atoms with E-state index >= 15 is 0 Å². The predicted octanol–water partition coefficient (Wildman–Crippen LogP) is 6.45. The Morgan fingerprint density at radius 1 is 1.07 bits per heavy atom. The van der Waals surface area contributed by atoms with E-state index < -0.39 is 0 Å². The smallest absolute Gasteiger partial charge is 0.345 e. The van der Waals surface area contributed by atoms with Gasteiger partial charge in [-0.2, -0.15) is 0 Å². The molecule has 28 heavy (non-hydrogen) atoms. The molecule has 3 nitrogen and oxygen atoms in total. The molecule has 5 rings (SSSR count). The molecule has 2 aromatic heterocycles. The largest absolute Gasteiger partial charge is 0.422 e. The first kappa shape index (κ1) is 18.4. The number of rotatable bonds is 1. The summed E-state index contributed by atoms with van der Waals surface area (Å²) in [6.45, 7) is 11.4. The van der Waals surface area contributed by atoms with Crippen LogP contribution >= 0.6 is 27.3 Å². The van der Waals surface area contributed by atoms with Crippen molar-refractivity contribution in [1.82, 2.24) is 0 Å². The van der Waals surface area contributed by atoms with Crippen molar-refractivity contribution in [3.8, 4) is 10.4 Å². The Labute approximate surface area is 177 Å². The third-order valence-corrected chi connectivity index (χ3v) is 8.23. The molecular weight excluding hydrogens is 434 g/mol. The highest BCUT2D eigenvalue weighted by Gasteiger charge is 2.41. The van der Waals surface area contributed by atoms with E-state index in [1.54, 1.807) is 11.3 Å². The first-order valence-electron chi connectivity index (χ1n) is 9.84. The van der Waals surface area contributed by atoms with Crippen molar-refractivity contribution >= 4 is 43.9 Å². The van der Waals surface area contributed by atoms with Crippen LogP contribution in [0.25, 0.3) is 21.4 Å². The summed E-state index contributed by atoms with van der Waals surface area (Å²) in [7, 11) is 0. The molecule has 0 aliphatic carbocycles. The van der Waals surface area contributed by atoms with E-state index in [4.69, 9.17) is 4.42 Å². The second-order valence-corrected chi connectivity index (χ2v) is 11.8. The van der Waals surface area contributed by atoms with Gasteiger partial charge < -0.3 is 9.32 Å². The molecule has 0 fully saturated rings. The van der Waals surface area contributed by atoms with Gasteiger partial charge in [0, 0.05) is 34.6 Å². The second-order valence-electron chi connectivity index (χ2n) is 9.37. The van der Waals surface area contributed by atoms with Gasteiger partial charge in [0.25, 0.3) is 0 Å². The van der Waals surface area contributed by atoms with Crippen LogP contribution in [0.15, 0.2) is 37.3 Å². The average molecular weight is 458 g/mol. The number of hydrogen-bond donors (Lipinski definition) is 0. The topological polar surface area (TPSA) is 33.5 Å². The summed E-state index contributed by atoms with van der Waals surface area (Å²) < 4.78 is 7.05. The Morgan fingerprint density at radius 3 is 2.46 bits per heavy atom. The van der Waals surface area contributed by atoms with Gasteiger partial charge in [0.1, 0.15) is 5.58 Å². The van der Waals surface area contributed by atoms with Crippen LogP contribution in [0.1, 0.15) is 51.7 Å². The van der Waals surface area contributed by atoms with Crippen molar-refractivity contribution in [2.75, 3.05) is 18.0 Å². The predicted molar refractivity (Wildman–Crippen MR) is 121 cm³/mol. The number of thiophene rings is 1. The van der Waals surface area contributed by atoms with Crippen LogP contribution in [-0.2, 0) is 10.8 Å². The molecule has 0 unspecified atom stereocenters. The fourth-order valence-corrected chi connectivity index (χ4v) is 6.17. The number of nitrogens with zero attached hydrogens (tertiary/aromatic N) is 1. The minimum Gasteiger partial charge on any atom is -0.422 e. The molecule has 0 N–H and O–H groups in total. The summed E-state index contributed by atoms with van der Waals surface area (Å²) >= 11 is 5.06. The molecule has 0 radical (unpaired) electrons. The van der Waals surface area contributed by atoms with Crippen LogP contribution in [0.5, 0.6) is 0 Å². The van der Waals surface area contributed by atoms with Crippen molar-refractivity contribution in [2.24, 2.45) is 0 Å². The third-order valence-electron chi connectivity index (χ3n) is 6.57. The molecule has 0 atom stereocenters. The van der Waals surface area contributed by atoms with Crippen LogP contribution in [0.4, 0.5) is 5.69 Å². The normalized spacial score (nSPS) is 19.7. The van der Waals surface area contributed by atoms with E-state index in [9.17, 15) is 4.79 Å². The van der Waals surface area contributed by atoms with Gasteiger partial charge in [0.15, 0.2) is 0 Å². The Morgan fingerprint density at radius 2 is 1.79 bits per heavy atom. The number of fused-ring (bicyclic) bond motifs is 2. The molecule has 1 aromatic carbocycles. The fourth-order valence-electron chi connectivity index (χ4n) is 4.78. The van der Waals surface area contributed by atoms with Gasteiger partial charge in [-0.25, -0.2) is 4.79 Å². The highest BCUT2D eigenvalue weighted by molar-refractivity contribution is 9.11. The zero-order valence-electron chi connectivity index (χ0n) is 16.7. The molecule has 2 aliphatic rings. The van der Waals surface area contributed by atoms with Gasteiger partial charge in [-0.05, 0) is 69.4 Å². The van der Waals surface area contributed by atoms with E-state index in [1.807, 2.05) is 18.2 Å². The van der Waals surface area contributed by atoms with Crippen molar-refractivity contribution in [2.45, 2.75) is 51.4 Å². The highest BCUT2D eigenvalue weighted by atomic mass is 79.9. The summed E-state index contributed by atoms with van der Waals surface area (Å²) in [5, 5.41) is 1.04. The summed E-state index contributed by atoms with van der Waals surface area (Å²) in [5.74, 6) is 0. The maximum Gasteiger partial charge on any atom is 0.345 e. The van der Waals surface area contributed by atoms with Gasteiger partial charge in [0.05, 0.1) is 9.35 Å². The van der Waals surface area contributed by atoms with E-state index in [1.165, 1.54) is 16.8 Å². The Kier molecular flexibility index (Phi) is 3.92. The fraction of sp³-hybridized carbons (Fsp3) is 0.435. The molecule has 2 aliphatic heterocycles. The summed E-state index contributed by atoms with van der Waals surface area (Å²) in [6.07, 6.45) is 2.22. The first-order chi connectivity index (χ1) is 13.2. The van der Waals surface area contributed by atoms with Gasteiger partial charge in [-0.3, -0.25) is 0 Å². The van der Waals surface area contributed by atoms with Crippen molar-refractivity contribution in [3.63, 3.8) is 0 Å². The lowest BCUT2D eigenvalue weighted by atomic mass is 9.69. The van der Waals surface area contributed by atoms with Crippen LogP contribution in [-0.4, -0.2) is 13.1 Å². The number of anilines is 1. The van der Waals surface area contributed by atoms with E-state index in [-0.39, 0.29) is 16.5 Å². The van der Waals surface area contributed by atoms with Gasteiger partial charge in [-0.1, -0.05) is 27.7 Å². The molecule has 5 heteroatoms. The maximum absolute atomic E-state index is 12.9. The minimum atomic E-state index is -0.249. The van der Waals surface area contributed by atoms with E-state index in [0.29, 0.717) is 5.56 Å². The monoisotopic (exact) mass is 457 g/mol. The van der Waals surface area contributed by atoms with Gasteiger partial charge in [0.2, 0.25) is 0 Å². The van der Waals surface area contributed by atoms with Crippen molar-refractivity contribution in [1.29, 1.82) is 0 Å². The zero-order chi connectivity index (χ0) is 19.8. The summed E-state index contributed by atoms with van der Waals surface area (Å²) in [4.78, 5) is 16.4. The molecule has 0 amide bonds. The van der Waals surface area contributed by atoms with Crippen molar-refractivity contribution < 1.29 is 4.42 Å². The number of benzene rings is 1. The van der Waals surface area contributed by atoms with Crippen LogP contribution in [0, 0.1) is 0 Å². The highest BCUT2D eigenvalue weighted by Crippen LogP contribution is 2.51. The number of hydrogen-bond acceptors (Lipinski definition) is 4. The van der Waals surface area contributed by atoms with Crippen LogP contribution < -0.4 is 10.5 Å². The molecule has 3 aromatic rings. The third kappa shape index (κ3) is 2.62. The summed E-state index contributed by atoms with van der Waals surface area (Å²) in [6, 6.07) is 8.27. The average Bonchev–Trinajstić information content (AvgIpc) is 3.05. The van der Waals surface area contributed by atoms with E-state index in [2.05, 4.69) is 54.6 Å². The van der Waals surface area contributed by atoms with E-state index in [0.717, 1.165) is 45.6 Å². The standard InChI is InChI=1S/C23H24BrNO2S/c1-22(2)7-9-25-10-8-23(3,4)18-19(25)15(22)12-13-11-14(21(26)27-20(13)18)16-5-6-17(24)28-16/h5-6,11-12H,7-10H2,1-4H3. The zero-order valence-corrected chi connectivity index (χ0v) is 19.1. The maximum atomic E-state index is 12.9. The molecular formula is C23H24BrNO2S. The molecule has 0 bridgehead atoms. The Bertz CT molecular complexity index is 1170. The van der Waals surface area contributed by atoms with Gasteiger partial charge in [-0.15, -0.1) is 11.3 Å². The van der Waals surface area contributed by atoms with Crippen molar-refractivity contribution in [3.05, 3.63) is 49.6 Å². The lowest BCUT2D eigenvalue weighted by Crippen LogP contribution is -2.44. The lowest BCUT2D eigenvalue weighted by molar-refractivity contribution is 0.399. The lowest BCUT2D eigenvalue weighted by Gasteiger charge is -2.48. The SMILES string of the molecule is CC1(C)CCN2CCC(C)(C)c3c2c1cc1cc(-c2ccc(Br)s2)c(=O)oc31. The number of halogens is 1. The Balaban J connectivity index is 1.88. The minimum absolute atomic E-state index is 0.0169. The Hall–Kier alpha value is -1.59. The molecule has 0 spiro atoms. The molecule has 0 saturated heterocycles. The van der Waals surface area contributed by atoms with Crippen LogP contribution in [0.3, 0.4) is 0 Å². The molecule has 146 valence electrons. The van der Waals surface area contributed by atoms with Gasteiger partial charge >= 0.3 is 5.63 Å². The van der Waals surface area contributed by atoms with Crippen LogP contribution in [0.2, 0.25) is 0 Å². The quantitative estimate of drug-likeness (QED) is 0.393.